The number of aromatic nitrogens is 3. The Morgan fingerprint density at radius 3 is 2.63 bits per heavy atom. The Morgan fingerprint density at radius 1 is 1.11 bits per heavy atom. The van der Waals surface area contributed by atoms with Gasteiger partial charge in [0, 0.05) is 12.0 Å². The minimum atomic E-state index is -0.496. The number of benzene rings is 1. The number of rotatable bonds is 5. The highest BCUT2D eigenvalue weighted by atomic mass is 16.5. The maximum absolute atomic E-state index is 14.2. The molecule has 4 saturated carbocycles. The maximum atomic E-state index is 14.2. The molecule has 4 aliphatic rings. The molecule has 1 aromatic carbocycles. The van der Waals surface area contributed by atoms with Crippen LogP contribution in [0.5, 0.6) is 5.75 Å². The van der Waals surface area contributed by atoms with Gasteiger partial charge in [-0.1, -0.05) is 32.9 Å². The summed E-state index contributed by atoms with van der Waals surface area (Å²) >= 11 is 0. The summed E-state index contributed by atoms with van der Waals surface area (Å²) < 4.78 is 7.15. The van der Waals surface area contributed by atoms with Crippen LogP contribution < -0.4 is 4.74 Å². The van der Waals surface area contributed by atoms with Gasteiger partial charge in [-0.25, -0.2) is 4.68 Å². The Labute approximate surface area is 227 Å². The van der Waals surface area contributed by atoms with E-state index in [0.717, 1.165) is 48.4 Å². The van der Waals surface area contributed by atoms with Crippen LogP contribution in [-0.4, -0.2) is 38.6 Å². The van der Waals surface area contributed by atoms with E-state index in [0.29, 0.717) is 47.3 Å². The molecule has 0 spiro atoms. The van der Waals surface area contributed by atoms with Crippen molar-refractivity contribution in [2.24, 2.45) is 52.3 Å². The number of ketones is 1. The van der Waals surface area contributed by atoms with E-state index in [2.05, 4.69) is 38.0 Å². The Hall–Kier alpha value is -1.95. The first-order chi connectivity index (χ1) is 18.0. The molecule has 0 amide bonds. The zero-order chi connectivity index (χ0) is 27.0. The van der Waals surface area contributed by atoms with Crippen LogP contribution in [0.4, 0.5) is 0 Å². The lowest BCUT2D eigenvalue weighted by Crippen LogP contribution is -2.55. The Bertz CT molecular complexity index is 1220. The van der Waals surface area contributed by atoms with Crippen LogP contribution in [0, 0.1) is 52.3 Å². The average Bonchev–Trinajstić information content (AvgIpc) is 3.42. The van der Waals surface area contributed by atoms with Crippen LogP contribution in [0.3, 0.4) is 0 Å². The smallest absolute Gasteiger partial charge is 0.158 e. The van der Waals surface area contributed by atoms with Gasteiger partial charge in [0.15, 0.2) is 5.78 Å². The second-order valence-electron chi connectivity index (χ2n) is 14.6. The van der Waals surface area contributed by atoms with E-state index in [1.807, 2.05) is 25.1 Å². The largest absolute Gasteiger partial charge is 0.497 e. The van der Waals surface area contributed by atoms with Crippen molar-refractivity contribution in [3.8, 4) is 5.75 Å². The predicted molar refractivity (Wildman–Crippen MR) is 149 cm³/mol. The van der Waals surface area contributed by atoms with Crippen molar-refractivity contribution >= 4 is 16.8 Å². The van der Waals surface area contributed by atoms with Gasteiger partial charge in [0.1, 0.15) is 17.8 Å². The second kappa shape index (κ2) is 9.04. The molecule has 2 aromatic rings. The fourth-order valence-corrected chi connectivity index (χ4v) is 10.2. The number of methoxy groups -OCH3 is 1. The summed E-state index contributed by atoms with van der Waals surface area (Å²) in [5, 5.41) is 19.6. The first-order valence-corrected chi connectivity index (χ1v) is 15.1. The highest BCUT2D eigenvalue weighted by molar-refractivity contribution is 5.84. The molecule has 208 valence electrons. The molecule has 1 aromatic heterocycles. The van der Waals surface area contributed by atoms with Crippen LogP contribution in [-0.2, 0) is 11.3 Å². The van der Waals surface area contributed by atoms with Gasteiger partial charge >= 0.3 is 0 Å². The van der Waals surface area contributed by atoms with Crippen molar-refractivity contribution in [3.05, 3.63) is 18.2 Å². The Kier molecular flexibility index (Phi) is 6.25. The highest BCUT2D eigenvalue weighted by Crippen LogP contribution is 2.69. The average molecular weight is 522 g/mol. The first kappa shape index (κ1) is 26.3. The summed E-state index contributed by atoms with van der Waals surface area (Å²) in [6.07, 6.45) is 9.10. The Morgan fingerprint density at radius 2 is 1.89 bits per heavy atom. The third kappa shape index (κ3) is 3.95. The molecule has 6 heteroatoms. The molecule has 1 heterocycles. The van der Waals surface area contributed by atoms with Gasteiger partial charge in [0.05, 0.1) is 18.2 Å². The van der Waals surface area contributed by atoms with E-state index in [-0.39, 0.29) is 11.3 Å². The van der Waals surface area contributed by atoms with E-state index in [1.165, 1.54) is 25.7 Å². The summed E-state index contributed by atoms with van der Waals surface area (Å²) in [4.78, 5) is 14.2. The third-order valence-electron chi connectivity index (χ3n) is 12.3. The monoisotopic (exact) mass is 521 g/mol. The number of aliphatic hydroxyl groups is 1. The van der Waals surface area contributed by atoms with Gasteiger partial charge in [-0.05, 0) is 117 Å². The second-order valence-corrected chi connectivity index (χ2v) is 14.6. The number of carbonyl (C=O) groups is 1. The molecule has 38 heavy (non-hydrogen) atoms. The minimum absolute atomic E-state index is 0.0517. The topological polar surface area (TPSA) is 77.2 Å². The molecule has 0 bridgehead atoms. The summed E-state index contributed by atoms with van der Waals surface area (Å²) in [5.74, 6) is 4.75. The molecule has 0 aliphatic heterocycles. The van der Waals surface area contributed by atoms with Crippen molar-refractivity contribution in [2.45, 2.75) is 98.1 Å². The van der Waals surface area contributed by atoms with Gasteiger partial charge < -0.3 is 9.84 Å². The van der Waals surface area contributed by atoms with E-state index >= 15 is 0 Å². The molecule has 6 rings (SSSR count). The normalized spacial score (nSPS) is 42.5. The highest BCUT2D eigenvalue weighted by Gasteiger charge is 2.64. The van der Waals surface area contributed by atoms with Gasteiger partial charge in [0.25, 0.3) is 0 Å². The summed E-state index contributed by atoms with van der Waals surface area (Å²) in [5.41, 5.74) is 1.55. The van der Waals surface area contributed by atoms with E-state index < -0.39 is 5.60 Å². The van der Waals surface area contributed by atoms with E-state index in [4.69, 9.17) is 4.74 Å². The van der Waals surface area contributed by atoms with Crippen molar-refractivity contribution < 1.29 is 14.6 Å². The van der Waals surface area contributed by atoms with Crippen molar-refractivity contribution in [2.75, 3.05) is 7.11 Å². The number of hydrogen-bond donors (Lipinski definition) is 1. The lowest BCUT2D eigenvalue weighted by atomic mass is 9.44. The number of ether oxygens (including phenoxy) is 1. The summed E-state index contributed by atoms with van der Waals surface area (Å²) in [6.45, 7) is 12.0. The lowest BCUT2D eigenvalue weighted by Gasteiger charge is -2.61. The molecule has 4 fully saturated rings. The van der Waals surface area contributed by atoms with Gasteiger partial charge in [-0.3, -0.25) is 4.79 Å². The molecule has 4 aliphatic carbocycles. The molecular formula is C32H47N3O3. The van der Waals surface area contributed by atoms with Crippen LogP contribution in [0.25, 0.3) is 11.0 Å². The first-order valence-electron chi connectivity index (χ1n) is 15.1. The van der Waals surface area contributed by atoms with Crippen molar-refractivity contribution in [1.29, 1.82) is 0 Å². The summed E-state index contributed by atoms with van der Waals surface area (Å²) in [7, 11) is 1.65. The lowest BCUT2D eigenvalue weighted by molar-refractivity contribution is -0.151. The summed E-state index contributed by atoms with van der Waals surface area (Å²) in [6, 6.07) is 5.77. The van der Waals surface area contributed by atoms with Gasteiger partial charge in [-0.2, -0.15) is 0 Å². The molecule has 0 saturated heterocycles. The number of nitrogens with zero attached hydrogens (tertiary/aromatic N) is 3. The van der Waals surface area contributed by atoms with Crippen LogP contribution in [0.1, 0.15) is 86.0 Å². The fourth-order valence-electron chi connectivity index (χ4n) is 10.2. The van der Waals surface area contributed by atoms with E-state index in [9.17, 15) is 9.90 Å². The fraction of sp³-hybridized carbons (Fsp3) is 0.781. The molecule has 1 N–H and O–H groups in total. The van der Waals surface area contributed by atoms with Crippen LogP contribution >= 0.6 is 0 Å². The van der Waals surface area contributed by atoms with E-state index in [1.54, 1.807) is 11.8 Å². The van der Waals surface area contributed by atoms with Crippen LogP contribution in [0.15, 0.2) is 18.2 Å². The molecule has 1 unspecified atom stereocenters. The number of fused-ring (bicyclic) bond motifs is 6. The minimum Gasteiger partial charge on any atom is -0.497 e. The molecular weight excluding hydrogens is 474 g/mol. The molecule has 0 radical (unpaired) electrons. The molecule has 6 nitrogen and oxygen atoms in total. The zero-order valence-electron chi connectivity index (χ0n) is 24.2. The number of hydrogen-bond acceptors (Lipinski definition) is 5. The maximum Gasteiger partial charge on any atom is 0.158 e. The third-order valence-corrected chi connectivity index (χ3v) is 12.3. The Balaban J connectivity index is 1.28. The number of carbonyl (C=O) groups excluding carboxylic acids is 1. The van der Waals surface area contributed by atoms with Crippen LogP contribution in [0.2, 0.25) is 0 Å². The molecule has 9 atom stereocenters. The quantitative estimate of drug-likeness (QED) is 0.500. The zero-order valence-corrected chi connectivity index (χ0v) is 24.2. The van der Waals surface area contributed by atoms with Crippen molar-refractivity contribution in [3.63, 3.8) is 0 Å². The van der Waals surface area contributed by atoms with Crippen molar-refractivity contribution in [1.82, 2.24) is 15.0 Å². The van der Waals surface area contributed by atoms with Gasteiger partial charge in [0.2, 0.25) is 0 Å². The SMILES string of the molecule is COc1ccc2c(c1)nnn2CC(=O)C1[C@H](C(C)C)C[C@H]2[C@@H]3CC[C@H]4C[C@](C)(O)CC[C@]4(C)[C@H]3CC[C@]12C. The van der Waals surface area contributed by atoms with Gasteiger partial charge in [-0.15, -0.1) is 5.10 Å². The standard InChI is InChI=1S/C32H47N3O3/c1-19(2)23-16-25-22-9-7-20-17-30(3,37)13-14-31(20,4)24(22)11-12-32(25,5)29(23)28(36)18-35-27-10-8-21(38-6)15-26(27)33-34-35/h8,10,15,19-20,22-25,29,37H,7,9,11-14,16-18H2,1-6H3/t20-,22+,23-,24-,25-,29?,30+,31-,32-/m0/s1. The number of Topliss-reactive ketones (excluding diaryl/α,β-unsaturated/α-hetero) is 1. The predicted octanol–water partition coefficient (Wildman–Crippen LogP) is 6.30.